The van der Waals surface area contributed by atoms with E-state index in [0.29, 0.717) is 16.8 Å². The summed E-state index contributed by atoms with van der Waals surface area (Å²) in [6, 6.07) is 24.5. The van der Waals surface area contributed by atoms with Gasteiger partial charge < -0.3 is 4.74 Å². The van der Waals surface area contributed by atoms with Gasteiger partial charge in [-0.2, -0.15) is 5.10 Å². The zero-order valence-corrected chi connectivity index (χ0v) is 23.4. The fraction of sp³-hybridized carbons (Fsp3) is 0.0690. The molecule has 0 aliphatic heterocycles. The number of halogens is 1. The third kappa shape index (κ3) is 7.40. The molecule has 0 radical (unpaired) electrons. The van der Waals surface area contributed by atoms with Crippen molar-refractivity contribution in [2.45, 2.75) is 18.7 Å². The quantitative estimate of drug-likeness (QED) is 0.113. The molecule has 198 valence electrons. The van der Waals surface area contributed by atoms with Crippen LogP contribution in [-0.4, -0.2) is 26.5 Å². The minimum atomic E-state index is -3.76. The third-order valence-corrected chi connectivity index (χ3v) is 7.42. The number of sulfonamides is 1. The zero-order valence-electron chi connectivity index (χ0n) is 21.0. The number of hydrogen-bond donors (Lipinski definition) is 2. The SMILES string of the molecule is Cc1ccc(S(=O)(=O)Nc2ccc(C(=O)N/N=C\c3cc(Br)ccc3OC(=O)c3cccc(C)c3)cc2)cc1. The molecule has 39 heavy (non-hydrogen) atoms. The van der Waals surface area contributed by atoms with E-state index in [4.69, 9.17) is 4.74 Å². The number of anilines is 1. The van der Waals surface area contributed by atoms with Crippen molar-refractivity contribution in [3.8, 4) is 5.75 Å². The van der Waals surface area contributed by atoms with Gasteiger partial charge in [-0.15, -0.1) is 0 Å². The fourth-order valence-corrected chi connectivity index (χ4v) is 4.93. The highest BCUT2D eigenvalue weighted by atomic mass is 79.9. The summed E-state index contributed by atoms with van der Waals surface area (Å²) >= 11 is 3.38. The van der Waals surface area contributed by atoms with E-state index in [-0.39, 0.29) is 16.2 Å². The molecule has 0 heterocycles. The average Bonchev–Trinajstić information content (AvgIpc) is 2.90. The van der Waals surface area contributed by atoms with E-state index in [0.717, 1.165) is 15.6 Å². The number of benzene rings is 4. The van der Waals surface area contributed by atoms with E-state index < -0.39 is 21.9 Å². The maximum Gasteiger partial charge on any atom is 0.343 e. The Morgan fingerprint density at radius 2 is 1.56 bits per heavy atom. The summed E-state index contributed by atoms with van der Waals surface area (Å²) < 4.78 is 33.9. The van der Waals surface area contributed by atoms with Crippen molar-refractivity contribution in [3.05, 3.63) is 123 Å². The van der Waals surface area contributed by atoms with E-state index in [1.807, 2.05) is 19.9 Å². The number of hydrazone groups is 1. The van der Waals surface area contributed by atoms with Crippen molar-refractivity contribution in [2.75, 3.05) is 4.72 Å². The summed E-state index contributed by atoms with van der Waals surface area (Å²) in [5.74, 6) is -0.752. The number of ether oxygens (including phenoxy) is 1. The standard InChI is InChI=1S/C29H24BrN3O5S/c1-19-6-13-26(14-7-19)39(36,37)33-25-11-8-21(9-12-25)28(34)32-31-18-23-17-24(30)10-15-27(23)38-29(35)22-5-3-4-20(2)16-22/h3-18,33H,1-2H3,(H,32,34)/b31-18-. The van der Waals surface area contributed by atoms with Crippen molar-refractivity contribution in [1.82, 2.24) is 5.43 Å². The van der Waals surface area contributed by atoms with Crippen molar-refractivity contribution in [1.29, 1.82) is 0 Å². The second kappa shape index (κ2) is 12.1. The first kappa shape index (κ1) is 27.7. The summed E-state index contributed by atoms with van der Waals surface area (Å²) in [5, 5.41) is 3.99. The van der Waals surface area contributed by atoms with Gasteiger partial charge >= 0.3 is 5.97 Å². The molecule has 4 rings (SSSR count). The predicted molar refractivity (Wildman–Crippen MR) is 154 cm³/mol. The van der Waals surface area contributed by atoms with Gasteiger partial charge in [0.25, 0.3) is 15.9 Å². The van der Waals surface area contributed by atoms with Crippen molar-refractivity contribution >= 4 is 49.7 Å². The highest BCUT2D eigenvalue weighted by Crippen LogP contribution is 2.23. The number of carbonyl (C=O) groups is 2. The van der Waals surface area contributed by atoms with Gasteiger partial charge in [-0.05, 0) is 80.6 Å². The molecule has 0 saturated heterocycles. The summed E-state index contributed by atoms with van der Waals surface area (Å²) in [5.41, 5.74) is 5.76. The normalized spacial score (nSPS) is 11.3. The largest absolute Gasteiger partial charge is 0.422 e. The van der Waals surface area contributed by atoms with Crippen LogP contribution < -0.4 is 14.9 Å². The highest BCUT2D eigenvalue weighted by Gasteiger charge is 2.15. The molecular weight excluding hydrogens is 582 g/mol. The lowest BCUT2D eigenvalue weighted by Gasteiger charge is -2.09. The first-order valence-electron chi connectivity index (χ1n) is 11.7. The zero-order chi connectivity index (χ0) is 28.0. The van der Waals surface area contributed by atoms with E-state index in [1.165, 1.54) is 42.6 Å². The van der Waals surface area contributed by atoms with E-state index in [9.17, 15) is 18.0 Å². The summed E-state index contributed by atoms with van der Waals surface area (Å²) in [7, 11) is -3.76. The molecule has 0 spiro atoms. The van der Waals surface area contributed by atoms with Crippen LogP contribution in [-0.2, 0) is 10.0 Å². The number of esters is 1. The number of amides is 1. The topological polar surface area (TPSA) is 114 Å². The van der Waals surface area contributed by atoms with Crippen LogP contribution in [0.3, 0.4) is 0 Å². The number of rotatable bonds is 8. The van der Waals surface area contributed by atoms with Crippen LogP contribution in [0.1, 0.15) is 37.4 Å². The van der Waals surface area contributed by atoms with Gasteiger partial charge in [0.15, 0.2) is 0 Å². The Balaban J connectivity index is 1.41. The van der Waals surface area contributed by atoms with Crippen LogP contribution in [0.5, 0.6) is 5.75 Å². The molecule has 10 heteroatoms. The molecular formula is C29H24BrN3O5S. The maximum absolute atomic E-state index is 12.6. The second-order valence-electron chi connectivity index (χ2n) is 8.64. The molecule has 0 unspecified atom stereocenters. The van der Waals surface area contributed by atoms with Gasteiger partial charge in [0, 0.05) is 21.3 Å². The van der Waals surface area contributed by atoms with Crippen LogP contribution in [0.4, 0.5) is 5.69 Å². The van der Waals surface area contributed by atoms with Crippen LogP contribution in [0.15, 0.2) is 105 Å². The Labute approximate surface area is 234 Å². The smallest absolute Gasteiger partial charge is 0.343 e. The molecule has 0 fully saturated rings. The number of nitrogens with one attached hydrogen (secondary N) is 2. The third-order valence-electron chi connectivity index (χ3n) is 5.53. The Bertz CT molecular complexity index is 1650. The van der Waals surface area contributed by atoms with Crippen LogP contribution in [0.2, 0.25) is 0 Å². The predicted octanol–water partition coefficient (Wildman–Crippen LogP) is 5.85. The molecule has 0 atom stereocenters. The van der Waals surface area contributed by atoms with Gasteiger partial charge in [0.05, 0.1) is 16.7 Å². The fourth-order valence-electron chi connectivity index (χ4n) is 3.49. The Morgan fingerprint density at radius 1 is 0.846 bits per heavy atom. The molecule has 2 N–H and O–H groups in total. The average molecular weight is 606 g/mol. The molecule has 0 aliphatic rings. The van der Waals surface area contributed by atoms with Crippen LogP contribution >= 0.6 is 15.9 Å². The second-order valence-corrected chi connectivity index (χ2v) is 11.2. The van der Waals surface area contributed by atoms with Crippen molar-refractivity contribution in [3.63, 3.8) is 0 Å². The van der Waals surface area contributed by atoms with Crippen LogP contribution in [0, 0.1) is 13.8 Å². The van der Waals surface area contributed by atoms with Crippen LogP contribution in [0.25, 0.3) is 0 Å². The van der Waals surface area contributed by atoms with E-state index >= 15 is 0 Å². The lowest BCUT2D eigenvalue weighted by atomic mass is 10.1. The van der Waals surface area contributed by atoms with Gasteiger partial charge in [0.1, 0.15) is 5.75 Å². The lowest BCUT2D eigenvalue weighted by molar-refractivity contribution is 0.0734. The molecule has 4 aromatic rings. The summed E-state index contributed by atoms with van der Waals surface area (Å²) in [6.07, 6.45) is 1.37. The minimum absolute atomic E-state index is 0.140. The Hall–Kier alpha value is -4.28. The first-order valence-corrected chi connectivity index (χ1v) is 14.0. The maximum atomic E-state index is 12.6. The number of nitrogens with zero attached hydrogens (tertiary/aromatic N) is 1. The summed E-state index contributed by atoms with van der Waals surface area (Å²) in [4.78, 5) is 25.3. The number of hydrogen-bond acceptors (Lipinski definition) is 6. The van der Waals surface area contributed by atoms with Crippen molar-refractivity contribution in [2.24, 2.45) is 5.10 Å². The van der Waals surface area contributed by atoms with Gasteiger partial charge in [-0.3, -0.25) is 9.52 Å². The number of aryl methyl sites for hydroxylation is 2. The molecule has 0 bridgehead atoms. The van der Waals surface area contributed by atoms with Gasteiger partial charge in [0.2, 0.25) is 0 Å². The van der Waals surface area contributed by atoms with Crippen molar-refractivity contribution < 1.29 is 22.7 Å². The molecule has 8 nitrogen and oxygen atoms in total. The van der Waals surface area contributed by atoms with E-state index in [1.54, 1.807) is 48.5 Å². The first-order chi connectivity index (χ1) is 18.6. The molecule has 1 amide bonds. The molecule has 4 aromatic carbocycles. The summed E-state index contributed by atoms with van der Waals surface area (Å²) in [6.45, 7) is 3.76. The molecule has 0 aliphatic carbocycles. The van der Waals surface area contributed by atoms with Gasteiger partial charge in [-0.25, -0.2) is 18.6 Å². The minimum Gasteiger partial charge on any atom is -0.422 e. The number of carbonyl (C=O) groups excluding carboxylic acids is 2. The monoisotopic (exact) mass is 605 g/mol. The lowest BCUT2D eigenvalue weighted by Crippen LogP contribution is -2.18. The highest BCUT2D eigenvalue weighted by molar-refractivity contribution is 9.10. The Morgan fingerprint density at radius 3 is 2.26 bits per heavy atom. The Kier molecular flexibility index (Phi) is 8.58. The van der Waals surface area contributed by atoms with Gasteiger partial charge in [-0.1, -0.05) is 51.3 Å². The molecule has 0 saturated carbocycles. The molecule has 0 aromatic heterocycles. The van der Waals surface area contributed by atoms with E-state index in [2.05, 4.69) is 31.2 Å².